The Labute approximate surface area is 138 Å². The van der Waals surface area contributed by atoms with Crippen molar-refractivity contribution < 1.29 is 21.6 Å². The molecule has 0 fully saturated rings. The smallest absolute Gasteiger partial charge is 0.198 e. The van der Waals surface area contributed by atoms with Gasteiger partial charge >= 0.3 is 6.18 Å². The Morgan fingerprint density at radius 2 is 1.50 bits per heavy atom. The summed E-state index contributed by atoms with van der Waals surface area (Å²) in [5, 5.41) is 0. The fourth-order valence-corrected chi connectivity index (χ4v) is 2.79. The molecule has 2 rings (SSSR count). The highest BCUT2D eigenvalue weighted by Crippen LogP contribution is 2.29. The van der Waals surface area contributed by atoms with Crippen LogP contribution in [0.25, 0.3) is 0 Å². The van der Waals surface area contributed by atoms with Crippen molar-refractivity contribution in [3.63, 3.8) is 0 Å². The molecule has 0 aliphatic carbocycles. The van der Waals surface area contributed by atoms with Gasteiger partial charge in [-0.05, 0) is 24.1 Å². The molecule has 0 atom stereocenters. The molecule has 0 unspecified atom stereocenters. The minimum absolute atomic E-state index is 0.0954. The van der Waals surface area contributed by atoms with Crippen molar-refractivity contribution in [3.05, 3.63) is 70.8 Å². The summed E-state index contributed by atoms with van der Waals surface area (Å²) in [6.07, 6.45) is -4.46. The second-order valence-corrected chi connectivity index (χ2v) is 6.91. The second-order valence-electron chi connectivity index (χ2n) is 5.33. The highest BCUT2D eigenvalue weighted by atomic mass is 32.2. The molecule has 0 saturated heterocycles. The van der Waals surface area contributed by atoms with Crippen LogP contribution in [0.1, 0.15) is 22.3 Å². The van der Waals surface area contributed by atoms with E-state index in [0.29, 0.717) is 0 Å². The second kappa shape index (κ2) is 7.33. The third kappa shape index (κ3) is 5.63. The molecular weight excluding hydrogens is 341 g/mol. The van der Waals surface area contributed by atoms with Crippen LogP contribution in [0.5, 0.6) is 0 Å². The molecular formula is C16H17F3N2O2S. The van der Waals surface area contributed by atoms with Crippen LogP contribution in [0.2, 0.25) is 0 Å². The van der Waals surface area contributed by atoms with Crippen molar-refractivity contribution in [1.82, 2.24) is 9.44 Å². The van der Waals surface area contributed by atoms with Crippen molar-refractivity contribution in [3.8, 4) is 0 Å². The molecule has 0 aromatic heterocycles. The van der Waals surface area contributed by atoms with Crippen LogP contribution in [-0.4, -0.2) is 8.42 Å². The van der Waals surface area contributed by atoms with Gasteiger partial charge in [0, 0.05) is 13.1 Å². The number of aryl methyl sites for hydroxylation is 1. The van der Waals surface area contributed by atoms with E-state index >= 15 is 0 Å². The third-order valence-electron chi connectivity index (χ3n) is 3.31. The Kier molecular flexibility index (Phi) is 5.63. The maximum Gasteiger partial charge on any atom is 0.416 e. The zero-order chi connectivity index (χ0) is 17.8. The van der Waals surface area contributed by atoms with E-state index in [-0.39, 0.29) is 18.7 Å². The van der Waals surface area contributed by atoms with Crippen molar-refractivity contribution >= 4 is 10.2 Å². The fraction of sp³-hybridized carbons (Fsp3) is 0.250. The summed E-state index contributed by atoms with van der Waals surface area (Å²) in [4.78, 5) is 0. The van der Waals surface area contributed by atoms with Gasteiger partial charge in [0.2, 0.25) is 0 Å². The summed E-state index contributed by atoms with van der Waals surface area (Å²) in [6.45, 7) is 1.79. The van der Waals surface area contributed by atoms with Gasteiger partial charge in [-0.2, -0.15) is 31.0 Å². The van der Waals surface area contributed by atoms with E-state index < -0.39 is 21.9 Å². The van der Waals surface area contributed by atoms with Crippen LogP contribution in [0.3, 0.4) is 0 Å². The molecule has 0 radical (unpaired) electrons. The standard InChI is InChI=1S/C16H17F3N2O2S/c1-12-5-7-13(8-6-12)10-20-24(22,23)21-11-14-3-2-4-15(9-14)16(17,18)19/h2-9,20-21H,10-11H2,1H3. The van der Waals surface area contributed by atoms with Crippen LogP contribution < -0.4 is 9.44 Å². The molecule has 0 amide bonds. The zero-order valence-electron chi connectivity index (χ0n) is 12.9. The lowest BCUT2D eigenvalue weighted by molar-refractivity contribution is -0.137. The monoisotopic (exact) mass is 358 g/mol. The predicted octanol–water partition coefficient (Wildman–Crippen LogP) is 3.14. The Bertz CT molecular complexity index is 788. The number of benzene rings is 2. The maximum atomic E-state index is 12.6. The largest absolute Gasteiger partial charge is 0.416 e. The lowest BCUT2D eigenvalue weighted by Gasteiger charge is -2.11. The van der Waals surface area contributed by atoms with Gasteiger partial charge in [-0.3, -0.25) is 0 Å². The molecule has 2 N–H and O–H groups in total. The SMILES string of the molecule is Cc1ccc(CNS(=O)(=O)NCc2cccc(C(F)(F)F)c2)cc1. The van der Waals surface area contributed by atoms with Crippen molar-refractivity contribution in [2.24, 2.45) is 0 Å². The van der Waals surface area contributed by atoms with Gasteiger partial charge in [0.05, 0.1) is 5.56 Å². The van der Waals surface area contributed by atoms with Crippen molar-refractivity contribution in [1.29, 1.82) is 0 Å². The Morgan fingerprint density at radius 3 is 2.08 bits per heavy atom. The zero-order valence-corrected chi connectivity index (χ0v) is 13.7. The highest BCUT2D eigenvalue weighted by Gasteiger charge is 2.30. The fourth-order valence-electron chi connectivity index (χ4n) is 1.97. The Balaban J connectivity index is 1.94. The first-order valence-corrected chi connectivity index (χ1v) is 8.60. The number of hydrogen-bond donors (Lipinski definition) is 2. The molecule has 2 aromatic carbocycles. The van der Waals surface area contributed by atoms with Crippen LogP contribution in [0, 0.1) is 6.92 Å². The third-order valence-corrected chi connectivity index (χ3v) is 4.36. The van der Waals surface area contributed by atoms with Gasteiger partial charge in [0.25, 0.3) is 10.2 Å². The molecule has 0 saturated carbocycles. The van der Waals surface area contributed by atoms with Crippen LogP contribution in [0.15, 0.2) is 48.5 Å². The van der Waals surface area contributed by atoms with E-state index in [9.17, 15) is 21.6 Å². The molecule has 0 aliphatic heterocycles. The van der Waals surface area contributed by atoms with E-state index in [1.54, 1.807) is 12.1 Å². The van der Waals surface area contributed by atoms with E-state index in [4.69, 9.17) is 0 Å². The average Bonchev–Trinajstić information content (AvgIpc) is 2.52. The van der Waals surface area contributed by atoms with Gasteiger partial charge in [0.1, 0.15) is 0 Å². The van der Waals surface area contributed by atoms with Crippen molar-refractivity contribution in [2.75, 3.05) is 0 Å². The highest BCUT2D eigenvalue weighted by molar-refractivity contribution is 7.87. The van der Waals surface area contributed by atoms with E-state index in [1.807, 2.05) is 19.1 Å². The first-order chi connectivity index (χ1) is 11.2. The van der Waals surface area contributed by atoms with Gasteiger partial charge < -0.3 is 0 Å². The van der Waals surface area contributed by atoms with Crippen LogP contribution >= 0.6 is 0 Å². The average molecular weight is 358 g/mol. The first-order valence-electron chi connectivity index (χ1n) is 7.12. The van der Waals surface area contributed by atoms with Crippen molar-refractivity contribution in [2.45, 2.75) is 26.2 Å². The lowest BCUT2D eigenvalue weighted by atomic mass is 10.1. The molecule has 0 bridgehead atoms. The van der Waals surface area contributed by atoms with Gasteiger partial charge in [0.15, 0.2) is 0 Å². The Morgan fingerprint density at radius 1 is 0.917 bits per heavy atom. The topological polar surface area (TPSA) is 58.2 Å². The number of halogens is 3. The summed E-state index contributed by atoms with van der Waals surface area (Å²) < 4.78 is 66.2. The molecule has 24 heavy (non-hydrogen) atoms. The number of hydrogen-bond acceptors (Lipinski definition) is 2. The minimum Gasteiger partial charge on any atom is -0.198 e. The first kappa shape index (κ1) is 18.4. The quantitative estimate of drug-likeness (QED) is 0.834. The lowest BCUT2D eigenvalue weighted by Crippen LogP contribution is -2.35. The summed E-state index contributed by atoms with van der Waals surface area (Å²) >= 11 is 0. The van der Waals surface area contributed by atoms with Gasteiger partial charge in [-0.1, -0.05) is 48.0 Å². The molecule has 0 heterocycles. The molecule has 8 heteroatoms. The summed E-state index contributed by atoms with van der Waals surface area (Å²) in [7, 11) is -3.82. The summed E-state index contributed by atoms with van der Waals surface area (Å²) in [6, 6.07) is 11.8. The van der Waals surface area contributed by atoms with Crippen LogP contribution in [-0.2, 0) is 29.5 Å². The summed E-state index contributed by atoms with van der Waals surface area (Å²) in [5.41, 5.74) is 1.26. The van der Waals surface area contributed by atoms with Gasteiger partial charge in [-0.15, -0.1) is 0 Å². The normalized spacial score (nSPS) is 12.3. The molecule has 0 aliphatic rings. The number of nitrogens with one attached hydrogen (secondary N) is 2. The molecule has 0 spiro atoms. The van der Waals surface area contributed by atoms with Crippen LogP contribution in [0.4, 0.5) is 13.2 Å². The van der Waals surface area contributed by atoms with E-state index in [1.165, 1.54) is 12.1 Å². The molecule has 4 nitrogen and oxygen atoms in total. The summed E-state index contributed by atoms with van der Waals surface area (Å²) in [5.74, 6) is 0. The molecule has 2 aromatic rings. The van der Waals surface area contributed by atoms with Gasteiger partial charge in [-0.25, -0.2) is 0 Å². The maximum absolute atomic E-state index is 12.6. The predicted molar refractivity (Wildman–Crippen MR) is 85.2 cm³/mol. The minimum atomic E-state index is -4.46. The van der Waals surface area contributed by atoms with E-state index in [0.717, 1.165) is 23.3 Å². The van der Waals surface area contributed by atoms with E-state index in [2.05, 4.69) is 9.44 Å². The number of rotatable bonds is 6. The molecule has 130 valence electrons. The number of alkyl halides is 3. The Hall–Kier alpha value is -1.90.